The number of aromatic hydroxyl groups is 1. The van der Waals surface area contributed by atoms with Gasteiger partial charge in [0.15, 0.2) is 23.1 Å². The van der Waals surface area contributed by atoms with Gasteiger partial charge in [-0.2, -0.15) is 0 Å². The highest BCUT2D eigenvalue weighted by molar-refractivity contribution is 6.16. The molecule has 21 nitrogen and oxygen atoms in total. The van der Waals surface area contributed by atoms with Crippen LogP contribution in [0.25, 0.3) is 142 Å². The molecule has 17 aromatic rings. The third kappa shape index (κ3) is 18.6. The molecule has 21 heteroatoms. The lowest BCUT2D eigenvalue weighted by atomic mass is 9.83. The first-order valence-electron chi connectivity index (χ1n) is 49.6. The van der Waals surface area contributed by atoms with E-state index in [1.54, 1.807) is 34.2 Å². The van der Waals surface area contributed by atoms with Crippen LogP contribution in [0.1, 0.15) is 208 Å². The Balaban J connectivity index is 0.000000122. The van der Waals surface area contributed by atoms with Crippen LogP contribution in [0.4, 0.5) is 0 Å². The zero-order valence-corrected chi connectivity index (χ0v) is 85.9. The van der Waals surface area contributed by atoms with E-state index in [9.17, 15) is 24.3 Å². The van der Waals surface area contributed by atoms with Crippen LogP contribution in [0.5, 0.6) is 40.2 Å². The molecule has 0 aliphatic carbocycles. The van der Waals surface area contributed by atoms with Gasteiger partial charge >= 0.3 is 0 Å². The number of fused-ring (bicyclic) bond motifs is 6. The van der Waals surface area contributed by atoms with Crippen LogP contribution >= 0.6 is 0 Å². The molecule has 5 aromatic heterocycles. The molecule has 0 amide bonds. The van der Waals surface area contributed by atoms with Gasteiger partial charge in [-0.3, -0.25) is 39.1 Å². The second kappa shape index (κ2) is 39.0. The lowest BCUT2D eigenvalue weighted by molar-refractivity contribution is -0.139. The van der Waals surface area contributed by atoms with Gasteiger partial charge in [-0.15, -0.1) is 0 Å². The highest BCUT2D eigenvalue weighted by Crippen LogP contribution is 2.56. The first-order chi connectivity index (χ1) is 68.8. The Morgan fingerprint density at radius 3 is 1.05 bits per heavy atom. The van der Waals surface area contributed by atoms with Crippen molar-refractivity contribution in [3.8, 4) is 95.9 Å². The van der Waals surface area contributed by atoms with E-state index in [1.165, 1.54) is 29.2 Å². The standard InChI is InChI=1S/C34H33N3O3.C30H29NO4.C30H31NO4.C29H29NO4/c1-19-15-27-20(2)24(23-16-35-18-36-17-23)7-8-25(27)31(29(19)33(21(3)38)40-34(4,5)6)26-9-10-28-30-22(12-14-39-28)11-13-37-32(26)30;1-17(32)28(35-30(2,3)4)26-22-13-16-34-29(22)20-8-6-5-7-19(20)25(26)21-9-10-23-24-18(12-15-33-23)11-14-31-27(21)24;1-17-24(29(18(2)32)35-30(3,4)5)26(20-9-7-8-10-21(20)28(17)33-6)22-11-12-23-25-19(14-16-34-23)13-15-31-27(22)25;1-16-23(28(17(2)31)34-29(3,4)5)25(19-8-6-7-9-20(19)27(16)32)21-10-11-22-24-18(13-15-33-22)12-14-30-26(21)24/h7-11,13,15-18,33H,12,14H2,1-6H3;5-11,14,28H,12-13,15-16H2,1-4H3;7-13,15,29H,14,16H2,1-6H3;6-12,14,28,32H,13,15H2,1-5H3/t33-;28-;29-;28-/m1111/s1. The molecule has 0 radical (unpaired) electrons. The van der Waals surface area contributed by atoms with Crippen molar-refractivity contribution in [2.75, 3.05) is 40.1 Å². The number of rotatable bonds is 18. The summed E-state index contributed by atoms with van der Waals surface area (Å²) < 4.78 is 61.7. The van der Waals surface area contributed by atoms with Gasteiger partial charge in [0.2, 0.25) is 0 Å². The quantitative estimate of drug-likeness (QED) is 0.0837. The van der Waals surface area contributed by atoms with Crippen LogP contribution in [-0.2, 0) is 70.2 Å². The highest BCUT2D eigenvalue weighted by atomic mass is 16.5. The fraction of sp³-hybridized carbons (Fsp3) is 0.317. The second-order valence-electron chi connectivity index (χ2n) is 42.0. The first kappa shape index (κ1) is 98.3. The normalized spacial score (nSPS) is 14.4. The lowest BCUT2D eigenvalue weighted by Gasteiger charge is -2.31. The van der Waals surface area contributed by atoms with Crippen molar-refractivity contribution >= 4 is 110 Å². The fourth-order valence-electron chi connectivity index (χ4n) is 21.7. The molecule has 0 bridgehead atoms. The van der Waals surface area contributed by atoms with Crippen molar-refractivity contribution in [1.29, 1.82) is 0 Å². The molecule has 734 valence electrons. The molecule has 12 aromatic carbocycles. The number of hydrogen-bond donors (Lipinski definition) is 1. The number of hydrogen-bond acceptors (Lipinski definition) is 21. The Hall–Kier alpha value is -14.5. The van der Waals surface area contributed by atoms with Crippen LogP contribution in [0.15, 0.2) is 207 Å². The number of carbonyl (C=O) groups is 4. The smallest absolute Gasteiger partial charge is 0.163 e. The molecular formula is C123H122N6O15. The SMILES string of the molecule is CC(=O)[C@@H](OC(C)(C)C)c1c(C)c(O)c2ccccc2c1-c1ccc2c3c(ccnc13)CCO2.CC(=O)[C@@H](OC(C)(C)C)c1c(C)cc2c(C)c(-c3cncnc3)ccc2c1-c1ccc2c3c(ccnc13)CCO2.CC(=O)[C@@H](OC(C)(C)C)c1c2c(c3ccccc3c1-c1ccc3c4c(ccnc14)CCO3)OCC2.COc1c(C)c([C@H](OC(C)(C)C)C(C)=O)c(-c2ccc3c4c(ccnc24)CCO3)c2ccccc12. The molecular weight excluding hydrogens is 1800 g/mol. The van der Waals surface area contributed by atoms with E-state index in [4.69, 9.17) is 67.3 Å². The zero-order chi connectivity index (χ0) is 102. The van der Waals surface area contributed by atoms with Gasteiger partial charge < -0.3 is 52.5 Å². The molecule has 0 spiro atoms. The van der Waals surface area contributed by atoms with E-state index in [1.807, 2.05) is 219 Å². The number of ether oxygens (including phenoxy) is 10. The molecule has 5 aliphatic rings. The van der Waals surface area contributed by atoms with E-state index >= 15 is 0 Å². The Labute approximate surface area is 839 Å². The minimum absolute atomic E-state index is 0.0235. The minimum Gasteiger partial charge on any atom is -0.507 e. The summed E-state index contributed by atoms with van der Waals surface area (Å²) in [6.07, 6.45) is 13.7. The van der Waals surface area contributed by atoms with E-state index in [-0.39, 0.29) is 28.9 Å². The number of methoxy groups -OCH3 is 1. The molecule has 0 saturated carbocycles. The summed E-state index contributed by atoms with van der Waals surface area (Å²) in [4.78, 5) is 80.3. The first-order valence-corrected chi connectivity index (χ1v) is 49.6. The molecule has 22 rings (SSSR count). The molecule has 144 heavy (non-hydrogen) atoms. The average Bonchev–Trinajstić information content (AvgIpc) is 1.19. The third-order valence-electron chi connectivity index (χ3n) is 27.5. The van der Waals surface area contributed by atoms with E-state index < -0.39 is 46.8 Å². The fourth-order valence-corrected chi connectivity index (χ4v) is 21.7. The van der Waals surface area contributed by atoms with Gasteiger partial charge in [0.25, 0.3) is 0 Å². The van der Waals surface area contributed by atoms with Gasteiger partial charge in [-0.25, -0.2) is 9.97 Å². The molecule has 5 aliphatic heterocycles. The number of aromatic nitrogens is 6. The van der Waals surface area contributed by atoms with E-state index in [2.05, 4.69) is 103 Å². The van der Waals surface area contributed by atoms with E-state index in [0.29, 0.717) is 44.2 Å². The average molecular weight is 1920 g/mol. The molecule has 10 heterocycles. The van der Waals surface area contributed by atoms with Crippen molar-refractivity contribution < 1.29 is 71.7 Å². The van der Waals surface area contributed by atoms with Crippen molar-refractivity contribution in [1.82, 2.24) is 29.9 Å². The topological polar surface area (TPSA) is 258 Å². The molecule has 0 saturated heterocycles. The Morgan fingerprint density at radius 1 is 0.340 bits per heavy atom. The monoisotopic (exact) mass is 1920 g/mol. The van der Waals surface area contributed by atoms with Crippen LogP contribution < -0.4 is 28.4 Å². The van der Waals surface area contributed by atoms with Crippen molar-refractivity contribution in [2.45, 2.75) is 217 Å². The molecule has 4 atom stereocenters. The minimum atomic E-state index is -0.840. The van der Waals surface area contributed by atoms with Crippen LogP contribution in [0, 0.1) is 27.7 Å². The largest absolute Gasteiger partial charge is 0.507 e. The predicted molar refractivity (Wildman–Crippen MR) is 570 cm³/mol. The van der Waals surface area contributed by atoms with Gasteiger partial charge in [0.05, 0.1) is 84.6 Å². The van der Waals surface area contributed by atoms with Gasteiger partial charge in [-0.05, 0) is 316 Å². The summed E-state index contributed by atoms with van der Waals surface area (Å²) in [5.74, 6) is 4.93. The maximum absolute atomic E-state index is 13.3. The second-order valence-corrected chi connectivity index (χ2v) is 42.0. The number of benzene rings is 12. The number of aryl methyl sites for hydroxylation is 2. The van der Waals surface area contributed by atoms with Crippen molar-refractivity contribution in [3.63, 3.8) is 0 Å². The summed E-state index contributed by atoms with van der Waals surface area (Å²) in [5.41, 5.74) is 23.8. The number of ketones is 4. The van der Waals surface area contributed by atoms with E-state index in [0.717, 1.165) is 248 Å². The molecule has 1 N–H and O–H groups in total. The van der Waals surface area contributed by atoms with Crippen LogP contribution in [-0.4, -0.2) is 121 Å². The molecule has 0 fully saturated rings. The Kier molecular flexibility index (Phi) is 26.6. The van der Waals surface area contributed by atoms with Gasteiger partial charge in [0, 0.05) is 157 Å². The van der Waals surface area contributed by atoms with Crippen LogP contribution in [0.3, 0.4) is 0 Å². The van der Waals surface area contributed by atoms with Crippen molar-refractivity contribution in [3.05, 3.63) is 280 Å². The summed E-state index contributed by atoms with van der Waals surface area (Å²) in [5, 5.41) is 23.1. The summed E-state index contributed by atoms with van der Waals surface area (Å²) in [6.45, 7) is 41.2. The number of nitrogens with zero attached hydrogens (tertiary/aromatic N) is 6. The summed E-state index contributed by atoms with van der Waals surface area (Å²) >= 11 is 0. The maximum atomic E-state index is 13.3. The van der Waals surface area contributed by atoms with Crippen LogP contribution in [0.2, 0.25) is 0 Å². The van der Waals surface area contributed by atoms with Gasteiger partial charge in [-0.1, -0.05) is 91.0 Å². The Morgan fingerprint density at radius 2 is 0.660 bits per heavy atom. The van der Waals surface area contributed by atoms with Crippen molar-refractivity contribution in [2.24, 2.45) is 0 Å². The number of pyridine rings is 4. The number of phenolic OH excluding ortho intramolecular Hbond substituents is 1. The zero-order valence-electron chi connectivity index (χ0n) is 85.9. The Bertz CT molecular complexity index is 8000. The predicted octanol–water partition coefficient (Wildman–Crippen LogP) is 27.1. The highest BCUT2D eigenvalue weighted by Gasteiger charge is 2.40. The third-order valence-corrected chi connectivity index (χ3v) is 27.5. The molecule has 0 unspecified atom stereocenters. The lowest BCUT2D eigenvalue weighted by Crippen LogP contribution is -2.27. The number of phenols is 1. The number of carbonyl (C=O) groups excluding carboxylic acids is 4. The van der Waals surface area contributed by atoms with Gasteiger partial charge in [0.1, 0.15) is 71.0 Å². The summed E-state index contributed by atoms with van der Waals surface area (Å²) in [7, 11) is 1.67. The summed E-state index contributed by atoms with van der Waals surface area (Å²) in [6, 6.07) is 55.2. The number of Topliss-reactive ketones (excluding diaryl/α,β-unsaturated/α-hetero) is 4. The maximum Gasteiger partial charge on any atom is 0.163 e.